The molecule has 0 aromatic rings. The van der Waals surface area contributed by atoms with Gasteiger partial charge in [0.05, 0.1) is 12.0 Å². The van der Waals surface area contributed by atoms with E-state index in [1.807, 2.05) is 4.90 Å². The molecule has 3 aliphatic rings. The van der Waals surface area contributed by atoms with Crippen LogP contribution in [0.25, 0.3) is 0 Å². The van der Waals surface area contributed by atoms with E-state index < -0.39 is 5.97 Å². The topological polar surface area (TPSA) is 89.9 Å². The van der Waals surface area contributed by atoms with Crippen molar-refractivity contribution in [2.24, 2.45) is 11.8 Å². The third-order valence-corrected chi connectivity index (χ3v) is 6.24. The summed E-state index contributed by atoms with van der Waals surface area (Å²) in [6, 6.07) is 0.232. The minimum Gasteiger partial charge on any atom is -0.481 e. The van der Waals surface area contributed by atoms with Crippen LogP contribution in [0.5, 0.6) is 0 Å². The molecule has 3 atom stereocenters. The molecule has 1 saturated heterocycles. The van der Waals surface area contributed by atoms with Gasteiger partial charge >= 0.3 is 12.0 Å². The van der Waals surface area contributed by atoms with E-state index in [4.69, 9.17) is 5.11 Å². The van der Waals surface area contributed by atoms with E-state index in [1.165, 1.54) is 0 Å². The van der Waals surface area contributed by atoms with Crippen molar-refractivity contribution in [2.45, 2.75) is 82.4 Å². The second kappa shape index (κ2) is 7.72. The zero-order valence-corrected chi connectivity index (χ0v) is 14.3. The summed E-state index contributed by atoms with van der Waals surface area (Å²) in [5, 5.41) is 22.5. The van der Waals surface area contributed by atoms with E-state index >= 15 is 0 Å². The lowest BCUT2D eigenvalue weighted by molar-refractivity contribution is -0.142. The summed E-state index contributed by atoms with van der Waals surface area (Å²) in [5.41, 5.74) is 0. The number of aliphatic hydroxyl groups excluding tert-OH is 1. The van der Waals surface area contributed by atoms with Crippen molar-refractivity contribution in [3.8, 4) is 0 Å². The normalized spacial score (nSPS) is 37.2. The number of likely N-dealkylation sites (tertiary alicyclic amines) is 1. The average molecular weight is 338 g/mol. The Labute approximate surface area is 143 Å². The van der Waals surface area contributed by atoms with Gasteiger partial charge in [-0.05, 0) is 51.4 Å². The second-order valence-corrected chi connectivity index (χ2v) is 7.75. The lowest BCUT2D eigenvalue weighted by Crippen LogP contribution is -2.51. The van der Waals surface area contributed by atoms with Crippen LogP contribution in [0.1, 0.15) is 64.2 Å². The maximum absolute atomic E-state index is 12.7. The molecule has 6 heteroatoms. The van der Waals surface area contributed by atoms with Crippen molar-refractivity contribution >= 4 is 12.0 Å². The third-order valence-electron chi connectivity index (χ3n) is 6.24. The van der Waals surface area contributed by atoms with Crippen LogP contribution < -0.4 is 5.32 Å². The number of aliphatic hydroxyl groups is 1. The van der Waals surface area contributed by atoms with Crippen molar-refractivity contribution in [1.29, 1.82) is 0 Å². The first-order chi connectivity index (χ1) is 11.6. The Hall–Kier alpha value is -1.30. The lowest BCUT2D eigenvalue weighted by Gasteiger charge is -2.38. The van der Waals surface area contributed by atoms with E-state index in [2.05, 4.69) is 5.32 Å². The Morgan fingerprint density at radius 3 is 2.29 bits per heavy atom. The smallest absolute Gasteiger partial charge is 0.317 e. The number of carboxylic acids is 1. The number of rotatable bonds is 3. The summed E-state index contributed by atoms with van der Waals surface area (Å²) in [6.45, 7) is 0.768. The summed E-state index contributed by atoms with van der Waals surface area (Å²) in [6.07, 6.45) is 8.60. The highest BCUT2D eigenvalue weighted by Crippen LogP contribution is 2.35. The zero-order valence-electron chi connectivity index (χ0n) is 14.3. The number of carbonyl (C=O) groups is 2. The molecule has 3 rings (SSSR count). The number of aliphatic carboxylic acids is 1. The van der Waals surface area contributed by atoms with Crippen molar-refractivity contribution < 1.29 is 19.8 Å². The van der Waals surface area contributed by atoms with Gasteiger partial charge in [-0.25, -0.2) is 4.79 Å². The molecule has 2 saturated carbocycles. The van der Waals surface area contributed by atoms with Crippen molar-refractivity contribution in [3.05, 3.63) is 0 Å². The first kappa shape index (κ1) is 17.5. The summed E-state index contributed by atoms with van der Waals surface area (Å²) in [7, 11) is 0. The number of carboxylic acid groups (broad SMARTS) is 1. The molecule has 136 valence electrons. The van der Waals surface area contributed by atoms with Gasteiger partial charge in [0, 0.05) is 24.5 Å². The van der Waals surface area contributed by atoms with E-state index in [1.54, 1.807) is 0 Å². The number of carbonyl (C=O) groups excluding carboxylic acids is 1. The molecule has 2 amide bonds. The van der Waals surface area contributed by atoms with Crippen molar-refractivity contribution in [3.63, 3.8) is 0 Å². The Kier molecular flexibility index (Phi) is 5.64. The van der Waals surface area contributed by atoms with Gasteiger partial charge in [-0.3, -0.25) is 4.79 Å². The van der Waals surface area contributed by atoms with E-state index in [-0.39, 0.29) is 36.1 Å². The molecule has 0 aromatic carbocycles. The molecule has 0 radical (unpaired) electrons. The fourth-order valence-electron chi connectivity index (χ4n) is 4.82. The minimum atomic E-state index is -0.717. The standard InChI is InChI=1S/C18H30N2O4/c21-16-6-2-1-4-14(16)15-5-3-11-20(15)18(24)19-13-9-7-12(8-10-13)17(22)23/h12-16,21H,1-11H2,(H,19,24)(H,22,23). The fraction of sp³-hybridized carbons (Fsp3) is 0.889. The Balaban J connectivity index is 1.53. The van der Waals surface area contributed by atoms with E-state index in [9.17, 15) is 14.7 Å². The monoisotopic (exact) mass is 338 g/mol. The number of hydrogen-bond acceptors (Lipinski definition) is 3. The van der Waals surface area contributed by atoms with Crippen molar-refractivity contribution in [2.75, 3.05) is 6.54 Å². The molecule has 3 fully saturated rings. The lowest BCUT2D eigenvalue weighted by atomic mass is 9.80. The van der Waals surface area contributed by atoms with Gasteiger partial charge in [-0.2, -0.15) is 0 Å². The van der Waals surface area contributed by atoms with Crippen molar-refractivity contribution in [1.82, 2.24) is 10.2 Å². The molecule has 3 N–H and O–H groups in total. The Morgan fingerprint density at radius 1 is 0.917 bits per heavy atom. The highest BCUT2D eigenvalue weighted by Gasteiger charge is 2.39. The molecular formula is C18H30N2O4. The largest absolute Gasteiger partial charge is 0.481 e. The highest BCUT2D eigenvalue weighted by molar-refractivity contribution is 5.75. The van der Waals surface area contributed by atoms with Gasteiger partial charge in [-0.1, -0.05) is 12.8 Å². The Bertz CT molecular complexity index is 462. The zero-order chi connectivity index (χ0) is 17.1. The number of nitrogens with one attached hydrogen (secondary N) is 1. The molecule has 1 aliphatic heterocycles. The minimum absolute atomic E-state index is 0.0194. The molecule has 0 aromatic heterocycles. The van der Waals surface area contributed by atoms with Crippen LogP contribution in [0.15, 0.2) is 0 Å². The summed E-state index contributed by atoms with van der Waals surface area (Å²) < 4.78 is 0. The van der Waals surface area contributed by atoms with Gasteiger partial charge < -0.3 is 20.4 Å². The summed E-state index contributed by atoms with van der Waals surface area (Å²) in [4.78, 5) is 25.7. The number of amides is 2. The molecular weight excluding hydrogens is 308 g/mol. The van der Waals surface area contributed by atoms with Crippen LogP contribution in [0, 0.1) is 11.8 Å². The number of hydrogen-bond donors (Lipinski definition) is 3. The van der Waals surface area contributed by atoms with Crippen LogP contribution in [0.4, 0.5) is 4.79 Å². The van der Waals surface area contributed by atoms with Crippen LogP contribution in [-0.2, 0) is 4.79 Å². The third kappa shape index (κ3) is 3.85. The van der Waals surface area contributed by atoms with Gasteiger partial charge in [0.25, 0.3) is 0 Å². The van der Waals surface area contributed by atoms with Crippen LogP contribution in [-0.4, -0.2) is 51.8 Å². The first-order valence-electron chi connectivity index (χ1n) is 9.54. The maximum atomic E-state index is 12.7. The SMILES string of the molecule is O=C(O)C1CCC(NC(=O)N2CCCC2C2CCCCC2O)CC1. The van der Waals surface area contributed by atoms with Gasteiger partial charge in [0.15, 0.2) is 0 Å². The van der Waals surface area contributed by atoms with Gasteiger partial charge in [0.2, 0.25) is 0 Å². The summed E-state index contributed by atoms with van der Waals surface area (Å²) >= 11 is 0. The predicted octanol–water partition coefficient (Wildman–Crippen LogP) is 2.35. The van der Waals surface area contributed by atoms with Gasteiger partial charge in [0.1, 0.15) is 0 Å². The van der Waals surface area contributed by atoms with E-state index in [0.717, 1.165) is 57.9 Å². The molecule has 0 spiro atoms. The molecule has 0 bridgehead atoms. The van der Waals surface area contributed by atoms with E-state index in [0.29, 0.717) is 12.8 Å². The average Bonchev–Trinajstić information content (AvgIpc) is 3.05. The fourth-order valence-corrected chi connectivity index (χ4v) is 4.82. The number of urea groups is 1. The molecule has 24 heavy (non-hydrogen) atoms. The molecule has 1 heterocycles. The maximum Gasteiger partial charge on any atom is 0.317 e. The molecule has 6 nitrogen and oxygen atoms in total. The molecule has 2 aliphatic carbocycles. The second-order valence-electron chi connectivity index (χ2n) is 7.75. The van der Waals surface area contributed by atoms with Crippen LogP contribution in [0.2, 0.25) is 0 Å². The number of nitrogens with zero attached hydrogens (tertiary/aromatic N) is 1. The van der Waals surface area contributed by atoms with Crippen LogP contribution >= 0.6 is 0 Å². The quantitative estimate of drug-likeness (QED) is 0.737. The highest BCUT2D eigenvalue weighted by atomic mass is 16.4. The predicted molar refractivity (Wildman–Crippen MR) is 89.6 cm³/mol. The summed E-state index contributed by atoms with van der Waals surface area (Å²) in [5.74, 6) is -0.754. The Morgan fingerprint density at radius 2 is 1.62 bits per heavy atom. The van der Waals surface area contributed by atoms with Gasteiger partial charge in [-0.15, -0.1) is 0 Å². The molecule has 3 unspecified atom stereocenters. The van der Waals surface area contributed by atoms with Crippen LogP contribution in [0.3, 0.4) is 0 Å². The first-order valence-corrected chi connectivity index (χ1v) is 9.54.